The molecule has 0 aromatic heterocycles. The Morgan fingerprint density at radius 1 is 1.08 bits per heavy atom. The van der Waals surface area contributed by atoms with E-state index < -0.39 is 0 Å². The quantitative estimate of drug-likeness (QED) is 0.680. The van der Waals surface area contributed by atoms with Gasteiger partial charge in [-0.15, -0.1) is 3.94 Å². The summed E-state index contributed by atoms with van der Waals surface area (Å²) in [6.45, 7) is 0.706. The van der Waals surface area contributed by atoms with Crippen molar-refractivity contribution in [3.05, 3.63) is 35.9 Å². The molecule has 0 unspecified atom stereocenters. The smallest absolute Gasteiger partial charge is 0.0307 e. The van der Waals surface area contributed by atoms with Crippen LogP contribution in [0.3, 0.4) is 0 Å². The molecule has 66 valence electrons. The molecule has 0 fully saturated rings. The van der Waals surface area contributed by atoms with E-state index in [0.29, 0.717) is 6.54 Å². The predicted molar refractivity (Wildman–Crippen MR) is 53.2 cm³/mol. The maximum atomic E-state index is 5.44. The molecule has 0 heterocycles. The van der Waals surface area contributed by atoms with Crippen LogP contribution in [0.4, 0.5) is 0 Å². The molecule has 0 saturated carbocycles. The van der Waals surface area contributed by atoms with Crippen LogP contribution in [0, 0.1) is 0 Å². The molecule has 0 atom stereocenters. The number of aryl methyl sites for hydroxylation is 1. The van der Waals surface area contributed by atoms with Gasteiger partial charge in [0.05, 0.1) is 0 Å². The lowest BCUT2D eigenvalue weighted by Gasteiger charge is -2.03. The number of nitrogens with zero attached hydrogens (tertiary/aromatic N) is 1. The first kappa shape index (κ1) is 9.85. The molecule has 3 heteroatoms. The van der Waals surface area contributed by atoms with Gasteiger partial charge in [-0.05, 0) is 42.0 Å². The van der Waals surface area contributed by atoms with Crippen LogP contribution in [0.25, 0.3) is 0 Å². The molecule has 1 rings (SSSR count). The van der Waals surface area contributed by atoms with E-state index in [-0.39, 0.29) is 0 Å². The highest BCUT2D eigenvalue weighted by molar-refractivity contribution is 6.33. The average molecular weight is 204 g/mol. The molecule has 1 aromatic rings. The van der Waals surface area contributed by atoms with E-state index in [1.165, 1.54) is 9.50 Å². The molecule has 1 aromatic carbocycles. The van der Waals surface area contributed by atoms with Crippen molar-refractivity contribution < 1.29 is 0 Å². The second-order valence-electron chi connectivity index (χ2n) is 2.62. The Hall–Kier alpha value is -0.240. The van der Waals surface area contributed by atoms with Gasteiger partial charge in [-0.2, -0.15) is 0 Å². The summed E-state index contributed by atoms with van der Waals surface area (Å²) in [6, 6.07) is 10.3. The number of hydrogen-bond acceptors (Lipinski definition) is 1. The molecule has 0 aliphatic heterocycles. The van der Waals surface area contributed by atoms with Gasteiger partial charge in [-0.1, -0.05) is 30.3 Å². The molecule has 12 heavy (non-hydrogen) atoms. The van der Waals surface area contributed by atoms with Crippen molar-refractivity contribution in [1.82, 2.24) is 3.94 Å². The van der Waals surface area contributed by atoms with Gasteiger partial charge in [0.1, 0.15) is 0 Å². The SMILES string of the molecule is ClN(Cl)CCCc1ccccc1. The van der Waals surface area contributed by atoms with Crippen molar-refractivity contribution in [3.8, 4) is 0 Å². The van der Waals surface area contributed by atoms with Crippen molar-refractivity contribution >= 4 is 23.6 Å². The minimum absolute atomic E-state index is 0.706. The Bertz CT molecular complexity index is 211. The Labute approximate surface area is 83.1 Å². The summed E-state index contributed by atoms with van der Waals surface area (Å²) in [5.41, 5.74) is 1.33. The van der Waals surface area contributed by atoms with Crippen molar-refractivity contribution in [1.29, 1.82) is 0 Å². The van der Waals surface area contributed by atoms with E-state index in [0.717, 1.165) is 12.8 Å². The van der Waals surface area contributed by atoms with Crippen LogP contribution < -0.4 is 0 Å². The summed E-state index contributed by atoms with van der Waals surface area (Å²) in [7, 11) is 0. The highest BCUT2D eigenvalue weighted by atomic mass is 35.5. The molecule has 0 aliphatic carbocycles. The fraction of sp³-hybridized carbons (Fsp3) is 0.333. The third-order valence-electron chi connectivity index (χ3n) is 1.64. The summed E-state index contributed by atoms with van der Waals surface area (Å²) in [5, 5.41) is 0. The molecule has 0 aliphatic rings. The van der Waals surface area contributed by atoms with E-state index >= 15 is 0 Å². The minimum atomic E-state index is 0.706. The van der Waals surface area contributed by atoms with E-state index in [9.17, 15) is 0 Å². The second kappa shape index (κ2) is 5.41. The third kappa shape index (κ3) is 3.96. The maximum absolute atomic E-state index is 5.44. The van der Waals surface area contributed by atoms with Crippen LogP contribution in [-0.4, -0.2) is 10.5 Å². The predicted octanol–water partition coefficient (Wildman–Crippen LogP) is 3.23. The van der Waals surface area contributed by atoms with Gasteiger partial charge in [-0.25, -0.2) is 0 Å². The van der Waals surface area contributed by atoms with E-state index in [1.807, 2.05) is 18.2 Å². The lowest BCUT2D eigenvalue weighted by molar-refractivity contribution is 0.647. The number of rotatable bonds is 4. The van der Waals surface area contributed by atoms with Gasteiger partial charge in [0.2, 0.25) is 0 Å². The van der Waals surface area contributed by atoms with Crippen LogP contribution in [0.15, 0.2) is 30.3 Å². The van der Waals surface area contributed by atoms with Crippen molar-refractivity contribution in [2.24, 2.45) is 0 Å². The summed E-state index contributed by atoms with van der Waals surface area (Å²) < 4.78 is 1.17. The van der Waals surface area contributed by atoms with Gasteiger partial charge >= 0.3 is 0 Å². The van der Waals surface area contributed by atoms with Crippen LogP contribution in [0.1, 0.15) is 12.0 Å². The van der Waals surface area contributed by atoms with Crippen molar-refractivity contribution in [2.45, 2.75) is 12.8 Å². The summed E-state index contributed by atoms with van der Waals surface area (Å²) in [4.78, 5) is 0. The molecule has 0 saturated heterocycles. The molecular formula is C9H11Cl2N. The standard InChI is InChI=1S/C9H11Cl2N/c10-12(11)8-4-7-9-5-2-1-3-6-9/h1-3,5-6H,4,7-8H2. The zero-order valence-electron chi connectivity index (χ0n) is 6.71. The van der Waals surface area contributed by atoms with Crippen LogP contribution in [0.2, 0.25) is 0 Å². The van der Waals surface area contributed by atoms with Gasteiger partial charge in [0.15, 0.2) is 0 Å². The van der Waals surface area contributed by atoms with Crippen LogP contribution in [0.5, 0.6) is 0 Å². The molecule has 1 nitrogen and oxygen atoms in total. The Morgan fingerprint density at radius 2 is 1.75 bits per heavy atom. The number of halogens is 2. The Morgan fingerprint density at radius 3 is 2.33 bits per heavy atom. The molecule has 0 spiro atoms. The first-order valence-electron chi connectivity index (χ1n) is 3.92. The van der Waals surface area contributed by atoms with E-state index in [2.05, 4.69) is 12.1 Å². The summed E-state index contributed by atoms with van der Waals surface area (Å²) in [5.74, 6) is 0. The van der Waals surface area contributed by atoms with E-state index in [1.54, 1.807) is 0 Å². The third-order valence-corrected chi connectivity index (χ3v) is 1.97. The Kier molecular flexibility index (Phi) is 4.44. The average Bonchev–Trinajstić information content (AvgIpc) is 2.05. The monoisotopic (exact) mass is 203 g/mol. The lowest BCUT2D eigenvalue weighted by atomic mass is 10.1. The van der Waals surface area contributed by atoms with Gasteiger partial charge < -0.3 is 0 Å². The highest BCUT2D eigenvalue weighted by Gasteiger charge is 1.95. The Balaban J connectivity index is 2.25. The van der Waals surface area contributed by atoms with E-state index in [4.69, 9.17) is 23.6 Å². The molecule has 0 bridgehead atoms. The number of benzene rings is 1. The number of hydrogen-bond donors (Lipinski definition) is 0. The van der Waals surface area contributed by atoms with Gasteiger partial charge in [0.25, 0.3) is 0 Å². The molecular weight excluding hydrogens is 193 g/mol. The normalized spacial score (nSPS) is 10.6. The topological polar surface area (TPSA) is 3.24 Å². The summed E-state index contributed by atoms with van der Waals surface area (Å²) >= 11 is 10.9. The van der Waals surface area contributed by atoms with Gasteiger partial charge in [-0.3, -0.25) is 0 Å². The van der Waals surface area contributed by atoms with Crippen LogP contribution in [-0.2, 0) is 6.42 Å². The van der Waals surface area contributed by atoms with Crippen LogP contribution >= 0.6 is 23.6 Å². The first-order chi connectivity index (χ1) is 5.79. The largest absolute Gasteiger partial charge is 0.132 e. The second-order valence-corrected chi connectivity index (χ2v) is 3.60. The highest BCUT2D eigenvalue weighted by Crippen LogP contribution is 2.05. The fourth-order valence-corrected chi connectivity index (χ4v) is 1.29. The van der Waals surface area contributed by atoms with Crippen molar-refractivity contribution in [2.75, 3.05) is 6.54 Å². The fourth-order valence-electron chi connectivity index (χ4n) is 1.05. The molecule has 0 radical (unpaired) electrons. The lowest BCUT2D eigenvalue weighted by Crippen LogP contribution is -2.01. The zero-order chi connectivity index (χ0) is 8.81. The minimum Gasteiger partial charge on any atom is -0.132 e. The van der Waals surface area contributed by atoms with Crippen molar-refractivity contribution in [3.63, 3.8) is 0 Å². The maximum Gasteiger partial charge on any atom is 0.0307 e. The zero-order valence-corrected chi connectivity index (χ0v) is 8.22. The molecule has 0 amide bonds. The van der Waals surface area contributed by atoms with Gasteiger partial charge in [0, 0.05) is 6.54 Å². The molecule has 0 N–H and O–H groups in total. The summed E-state index contributed by atoms with van der Waals surface area (Å²) in [6.07, 6.45) is 2.01. The first-order valence-corrected chi connectivity index (χ1v) is 4.59.